The summed E-state index contributed by atoms with van der Waals surface area (Å²) in [6.07, 6.45) is 0. The molecular formula is C14H19N3O3S. The minimum absolute atomic E-state index is 0.156. The normalized spacial score (nSPS) is 9.43. The molecule has 1 amide bonds. The predicted molar refractivity (Wildman–Crippen MR) is 85.2 cm³/mol. The van der Waals surface area contributed by atoms with Crippen LogP contribution >= 0.6 is 12.2 Å². The maximum Gasteiger partial charge on any atom is 0.276 e. The smallest absolute Gasteiger partial charge is 0.276 e. The summed E-state index contributed by atoms with van der Waals surface area (Å²) in [4.78, 5) is 11.6. The third kappa shape index (κ3) is 6.62. The molecule has 1 rings (SSSR count). The van der Waals surface area contributed by atoms with E-state index in [1.54, 1.807) is 18.2 Å². The Morgan fingerprint density at radius 3 is 2.57 bits per heavy atom. The highest BCUT2D eigenvalue weighted by atomic mass is 32.1. The number of nitrogens with one attached hydrogen (secondary N) is 3. The lowest BCUT2D eigenvalue weighted by molar-refractivity contribution is -0.123. The van der Waals surface area contributed by atoms with Crippen LogP contribution in [0.3, 0.4) is 0 Å². The molecule has 21 heavy (non-hydrogen) atoms. The van der Waals surface area contributed by atoms with E-state index in [-0.39, 0.29) is 12.5 Å². The summed E-state index contributed by atoms with van der Waals surface area (Å²) in [5, 5.41) is 3.18. The van der Waals surface area contributed by atoms with E-state index in [2.05, 4.69) is 22.7 Å². The molecule has 1 aromatic rings. The molecule has 0 aromatic heterocycles. The number of ether oxygens (including phenoxy) is 2. The van der Waals surface area contributed by atoms with Crippen LogP contribution in [-0.2, 0) is 4.79 Å². The van der Waals surface area contributed by atoms with Gasteiger partial charge in [-0.3, -0.25) is 15.6 Å². The molecule has 0 aliphatic heterocycles. The molecule has 0 saturated heterocycles. The molecule has 6 nitrogen and oxygen atoms in total. The van der Waals surface area contributed by atoms with Crippen LogP contribution in [-0.4, -0.2) is 31.3 Å². The highest BCUT2D eigenvalue weighted by Crippen LogP contribution is 2.25. The monoisotopic (exact) mass is 309 g/mol. The lowest BCUT2D eigenvalue weighted by Gasteiger charge is -2.13. The summed E-state index contributed by atoms with van der Waals surface area (Å²) in [6, 6.07) is 7.09. The predicted octanol–water partition coefficient (Wildman–Crippen LogP) is 1.15. The Bertz CT molecular complexity index is 520. The molecule has 0 aliphatic rings. The van der Waals surface area contributed by atoms with Crippen molar-refractivity contribution in [2.24, 2.45) is 0 Å². The summed E-state index contributed by atoms with van der Waals surface area (Å²) < 4.78 is 10.5. The van der Waals surface area contributed by atoms with Gasteiger partial charge in [0.25, 0.3) is 5.91 Å². The number of amides is 1. The summed E-state index contributed by atoms with van der Waals surface area (Å²) in [5.41, 5.74) is 5.93. The van der Waals surface area contributed by atoms with Crippen LogP contribution < -0.4 is 25.6 Å². The van der Waals surface area contributed by atoms with Gasteiger partial charge >= 0.3 is 0 Å². The number of hydrazine groups is 1. The van der Waals surface area contributed by atoms with E-state index in [9.17, 15) is 4.79 Å². The van der Waals surface area contributed by atoms with Gasteiger partial charge in [0, 0.05) is 6.54 Å². The maximum atomic E-state index is 11.6. The molecule has 7 heteroatoms. The van der Waals surface area contributed by atoms with Gasteiger partial charge in [0.05, 0.1) is 7.11 Å². The number of rotatable bonds is 6. The van der Waals surface area contributed by atoms with E-state index in [1.165, 1.54) is 7.11 Å². The molecule has 3 N–H and O–H groups in total. The first-order valence-electron chi connectivity index (χ1n) is 6.25. The van der Waals surface area contributed by atoms with Crippen molar-refractivity contribution >= 4 is 23.2 Å². The zero-order valence-electron chi connectivity index (χ0n) is 12.1. The SMILES string of the molecule is C=C(C)CNC(=S)NNC(=O)COc1ccccc1OC. The average molecular weight is 309 g/mol. The minimum atomic E-state index is -0.361. The van der Waals surface area contributed by atoms with Gasteiger partial charge < -0.3 is 14.8 Å². The molecule has 1 aromatic carbocycles. The first kappa shape index (κ1) is 16.8. The lowest BCUT2D eigenvalue weighted by atomic mass is 10.3. The molecule has 0 fully saturated rings. The van der Waals surface area contributed by atoms with Crippen molar-refractivity contribution in [2.45, 2.75) is 6.92 Å². The summed E-state index contributed by atoms with van der Waals surface area (Å²) >= 11 is 4.97. The number of para-hydroxylation sites is 2. The quantitative estimate of drug-likeness (QED) is 0.416. The first-order chi connectivity index (χ1) is 10.0. The number of hydrogen-bond acceptors (Lipinski definition) is 4. The summed E-state index contributed by atoms with van der Waals surface area (Å²) in [6.45, 7) is 5.99. The Morgan fingerprint density at radius 2 is 1.95 bits per heavy atom. The van der Waals surface area contributed by atoms with Gasteiger partial charge in [-0.05, 0) is 31.3 Å². The van der Waals surface area contributed by atoms with Gasteiger partial charge in [-0.25, -0.2) is 0 Å². The van der Waals surface area contributed by atoms with Gasteiger partial charge in [0.2, 0.25) is 0 Å². The van der Waals surface area contributed by atoms with E-state index < -0.39 is 0 Å². The third-order valence-corrected chi connectivity index (χ3v) is 2.54. The molecule has 0 saturated carbocycles. The molecule has 0 heterocycles. The number of carbonyl (C=O) groups excluding carboxylic acids is 1. The molecule has 0 atom stereocenters. The van der Waals surface area contributed by atoms with Crippen LogP contribution in [0, 0.1) is 0 Å². The topological polar surface area (TPSA) is 71.6 Å². The van der Waals surface area contributed by atoms with Crippen LogP contribution in [0.15, 0.2) is 36.4 Å². The second-order valence-electron chi connectivity index (χ2n) is 4.25. The summed E-state index contributed by atoms with van der Waals surface area (Å²) in [5.74, 6) is 0.704. The van der Waals surface area contributed by atoms with Crippen LogP contribution in [0.25, 0.3) is 0 Å². The van der Waals surface area contributed by atoms with E-state index >= 15 is 0 Å². The van der Waals surface area contributed by atoms with Crippen molar-refractivity contribution in [2.75, 3.05) is 20.3 Å². The van der Waals surface area contributed by atoms with Gasteiger partial charge in [-0.15, -0.1) is 0 Å². The largest absolute Gasteiger partial charge is 0.493 e. The fourth-order valence-electron chi connectivity index (χ4n) is 1.32. The van der Waals surface area contributed by atoms with Gasteiger partial charge in [-0.1, -0.05) is 24.3 Å². The van der Waals surface area contributed by atoms with Crippen molar-refractivity contribution in [1.29, 1.82) is 0 Å². The van der Waals surface area contributed by atoms with Crippen molar-refractivity contribution < 1.29 is 14.3 Å². The molecular weight excluding hydrogens is 290 g/mol. The fourth-order valence-corrected chi connectivity index (χ4v) is 1.44. The van der Waals surface area contributed by atoms with Crippen molar-refractivity contribution in [1.82, 2.24) is 16.2 Å². The average Bonchev–Trinajstić information content (AvgIpc) is 2.49. The van der Waals surface area contributed by atoms with Crippen LogP contribution in [0.5, 0.6) is 11.5 Å². The van der Waals surface area contributed by atoms with Crippen LogP contribution in [0.1, 0.15) is 6.92 Å². The molecule has 0 unspecified atom stereocenters. The highest BCUT2D eigenvalue weighted by Gasteiger charge is 2.06. The number of thiocarbonyl (C=S) groups is 1. The van der Waals surface area contributed by atoms with Gasteiger partial charge in [-0.2, -0.15) is 0 Å². The third-order valence-electron chi connectivity index (χ3n) is 2.29. The molecule has 0 spiro atoms. The Labute approximate surface area is 129 Å². The van der Waals surface area contributed by atoms with Gasteiger partial charge in [0.15, 0.2) is 23.2 Å². The maximum absolute atomic E-state index is 11.6. The summed E-state index contributed by atoms with van der Waals surface area (Å²) in [7, 11) is 1.54. The van der Waals surface area contributed by atoms with E-state index in [1.807, 2.05) is 13.0 Å². The number of benzene rings is 1. The van der Waals surface area contributed by atoms with E-state index in [0.29, 0.717) is 23.2 Å². The lowest BCUT2D eigenvalue weighted by Crippen LogP contribution is -2.48. The van der Waals surface area contributed by atoms with Crippen LogP contribution in [0.4, 0.5) is 0 Å². The zero-order valence-corrected chi connectivity index (χ0v) is 12.9. The zero-order chi connectivity index (χ0) is 15.7. The highest BCUT2D eigenvalue weighted by molar-refractivity contribution is 7.80. The minimum Gasteiger partial charge on any atom is -0.493 e. The van der Waals surface area contributed by atoms with E-state index in [4.69, 9.17) is 21.7 Å². The Hall–Kier alpha value is -2.28. The second-order valence-corrected chi connectivity index (χ2v) is 4.66. The molecule has 0 bridgehead atoms. The van der Waals surface area contributed by atoms with Crippen molar-refractivity contribution in [3.05, 3.63) is 36.4 Å². The standard InChI is InChI=1S/C14H19N3O3S/c1-10(2)8-15-14(21)17-16-13(18)9-20-12-7-5-4-6-11(12)19-3/h4-7H,1,8-9H2,2-3H3,(H,16,18)(H2,15,17,21). The molecule has 0 aliphatic carbocycles. The number of hydrogen-bond donors (Lipinski definition) is 3. The Balaban J connectivity index is 2.31. The van der Waals surface area contributed by atoms with Gasteiger partial charge in [0.1, 0.15) is 0 Å². The second kappa shape index (κ2) is 8.80. The Kier molecular flexibility index (Phi) is 7.03. The molecule has 0 radical (unpaired) electrons. The molecule has 114 valence electrons. The number of methoxy groups -OCH3 is 1. The number of carbonyl (C=O) groups is 1. The van der Waals surface area contributed by atoms with Crippen molar-refractivity contribution in [3.8, 4) is 11.5 Å². The van der Waals surface area contributed by atoms with Crippen LogP contribution in [0.2, 0.25) is 0 Å². The fraction of sp³-hybridized carbons (Fsp3) is 0.286. The van der Waals surface area contributed by atoms with E-state index in [0.717, 1.165) is 5.57 Å². The van der Waals surface area contributed by atoms with Crippen molar-refractivity contribution in [3.63, 3.8) is 0 Å². The first-order valence-corrected chi connectivity index (χ1v) is 6.66. The Morgan fingerprint density at radius 1 is 1.29 bits per heavy atom.